The van der Waals surface area contributed by atoms with Gasteiger partial charge in [0, 0.05) is 18.1 Å². The van der Waals surface area contributed by atoms with Gasteiger partial charge in [0.25, 0.3) is 0 Å². The van der Waals surface area contributed by atoms with Crippen molar-refractivity contribution in [3.05, 3.63) is 0 Å². The molecule has 122 valence electrons. The molecule has 1 saturated carbocycles. The molecule has 2 atom stereocenters. The Kier molecular flexibility index (Phi) is 6.23. The summed E-state index contributed by atoms with van der Waals surface area (Å²) >= 11 is 2.06. The third kappa shape index (κ3) is 6.47. The summed E-state index contributed by atoms with van der Waals surface area (Å²) in [6.07, 6.45) is 6.80. The van der Waals surface area contributed by atoms with Crippen LogP contribution in [0.1, 0.15) is 59.3 Å². The fourth-order valence-corrected chi connectivity index (χ4v) is 4.25. The second-order valence-corrected chi connectivity index (χ2v) is 8.48. The summed E-state index contributed by atoms with van der Waals surface area (Å²) in [5.74, 6) is 2.56. The van der Waals surface area contributed by atoms with Gasteiger partial charge in [-0.05, 0) is 70.8 Å². The van der Waals surface area contributed by atoms with Gasteiger partial charge in [0.05, 0.1) is 0 Å². The second kappa shape index (κ2) is 7.73. The van der Waals surface area contributed by atoms with E-state index in [9.17, 15) is 4.79 Å². The average molecular weight is 314 g/mol. The van der Waals surface area contributed by atoms with E-state index >= 15 is 0 Å². The maximum atomic E-state index is 11.9. The summed E-state index contributed by atoms with van der Waals surface area (Å²) < 4.78 is 5.35. The summed E-state index contributed by atoms with van der Waals surface area (Å²) in [6.45, 7) is 5.71. The van der Waals surface area contributed by atoms with Crippen LogP contribution in [-0.2, 0) is 4.74 Å². The topological polar surface area (TPSA) is 50.4 Å². The van der Waals surface area contributed by atoms with Crippen LogP contribution in [0.3, 0.4) is 0 Å². The molecule has 1 heterocycles. The van der Waals surface area contributed by atoms with E-state index in [-0.39, 0.29) is 12.1 Å². The highest BCUT2D eigenvalue weighted by Gasteiger charge is 2.27. The largest absolute Gasteiger partial charge is 0.444 e. The number of thioether (sulfide) groups is 1. The van der Waals surface area contributed by atoms with Crippen LogP contribution in [0.25, 0.3) is 0 Å². The summed E-state index contributed by atoms with van der Waals surface area (Å²) in [6, 6.07) is 1.48. The Hall–Kier alpha value is -0.420. The molecule has 1 aliphatic carbocycles. The lowest BCUT2D eigenvalue weighted by atomic mass is 9.90. The van der Waals surface area contributed by atoms with E-state index in [1.807, 2.05) is 20.8 Å². The van der Waals surface area contributed by atoms with Gasteiger partial charge < -0.3 is 15.4 Å². The fraction of sp³-hybridized carbons (Fsp3) is 0.938. The molecular formula is C16H30N2O2S. The van der Waals surface area contributed by atoms with Crippen molar-refractivity contribution in [1.29, 1.82) is 0 Å². The maximum Gasteiger partial charge on any atom is 0.407 e. The first-order chi connectivity index (χ1) is 9.92. The number of carbonyl (C=O) groups excluding carboxylic acids is 1. The molecule has 2 fully saturated rings. The van der Waals surface area contributed by atoms with E-state index in [0.29, 0.717) is 12.1 Å². The molecular weight excluding hydrogens is 284 g/mol. The Morgan fingerprint density at radius 1 is 1.05 bits per heavy atom. The molecule has 0 aromatic heterocycles. The van der Waals surface area contributed by atoms with Gasteiger partial charge in [0.1, 0.15) is 5.60 Å². The Labute approximate surface area is 133 Å². The highest BCUT2D eigenvalue weighted by atomic mass is 32.2. The Morgan fingerprint density at radius 2 is 1.71 bits per heavy atom. The van der Waals surface area contributed by atoms with E-state index in [1.165, 1.54) is 37.2 Å². The van der Waals surface area contributed by atoms with Gasteiger partial charge in [-0.1, -0.05) is 0 Å². The Balaban J connectivity index is 1.73. The van der Waals surface area contributed by atoms with Crippen molar-refractivity contribution in [1.82, 2.24) is 10.6 Å². The summed E-state index contributed by atoms with van der Waals surface area (Å²) in [7, 11) is 0. The first-order valence-corrected chi connectivity index (χ1v) is 9.41. The molecule has 4 nitrogen and oxygen atoms in total. The number of rotatable bonds is 3. The highest BCUT2D eigenvalue weighted by molar-refractivity contribution is 7.99. The lowest BCUT2D eigenvalue weighted by Crippen LogP contribution is -2.48. The molecule has 1 saturated heterocycles. The molecule has 0 bridgehead atoms. The van der Waals surface area contributed by atoms with Crippen LogP contribution >= 0.6 is 11.8 Å². The zero-order valence-corrected chi connectivity index (χ0v) is 14.4. The van der Waals surface area contributed by atoms with Crippen molar-refractivity contribution in [2.75, 3.05) is 11.5 Å². The van der Waals surface area contributed by atoms with Gasteiger partial charge in [0.2, 0.25) is 0 Å². The van der Waals surface area contributed by atoms with Gasteiger partial charge in [-0.15, -0.1) is 0 Å². The van der Waals surface area contributed by atoms with Gasteiger partial charge >= 0.3 is 6.09 Å². The number of hydrogen-bond acceptors (Lipinski definition) is 4. The third-order valence-corrected chi connectivity index (χ3v) is 5.14. The predicted molar refractivity (Wildman–Crippen MR) is 88.9 cm³/mol. The highest BCUT2D eigenvalue weighted by Crippen LogP contribution is 2.23. The van der Waals surface area contributed by atoms with Crippen molar-refractivity contribution < 1.29 is 9.53 Å². The first-order valence-electron chi connectivity index (χ1n) is 8.26. The van der Waals surface area contributed by atoms with E-state index < -0.39 is 5.60 Å². The zero-order chi connectivity index (χ0) is 15.3. The van der Waals surface area contributed by atoms with Gasteiger partial charge in [-0.25, -0.2) is 4.79 Å². The standard InChI is InChI=1S/C16H30N2O2S/c1-16(2,3)20-15(19)18-14-6-4-5-13(11-14)17-12-7-9-21-10-8-12/h12-14,17H,4-11H2,1-3H3,(H,18,19)/t13-,14+/m1/s1. The molecule has 2 N–H and O–H groups in total. The van der Waals surface area contributed by atoms with Crippen LogP contribution in [0, 0.1) is 0 Å². The molecule has 0 spiro atoms. The van der Waals surface area contributed by atoms with Crippen LogP contribution in [0.5, 0.6) is 0 Å². The summed E-state index contributed by atoms with van der Waals surface area (Å²) in [4.78, 5) is 11.9. The van der Waals surface area contributed by atoms with Gasteiger partial charge in [-0.3, -0.25) is 0 Å². The molecule has 1 amide bonds. The number of carbonyl (C=O) groups is 1. The van der Waals surface area contributed by atoms with Gasteiger partial charge in [0.15, 0.2) is 0 Å². The predicted octanol–water partition coefficient (Wildman–Crippen LogP) is 3.31. The summed E-state index contributed by atoms with van der Waals surface area (Å²) in [5, 5.41) is 6.84. The molecule has 0 aromatic rings. The normalized spacial score (nSPS) is 28.1. The number of nitrogens with one attached hydrogen (secondary N) is 2. The number of alkyl carbamates (subject to hydrolysis) is 1. The molecule has 5 heteroatoms. The summed E-state index contributed by atoms with van der Waals surface area (Å²) in [5.41, 5.74) is -0.420. The maximum absolute atomic E-state index is 11.9. The van der Waals surface area contributed by atoms with E-state index in [1.54, 1.807) is 0 Å². The van der Waals surface area contributed by atoms with Crippen LogP contribution in [0.4, 0.5) is 4.79 Å². The molecule has 0 aromatic carbocycles. The van der Waals surface area contributed by atoms with Crippen molar-refractivity contribution >= 4 is 17.9 Å². The molecule has 1 aliphatic heterocycles. The van der Waals surface area contributed by atoms with Crippen LogP contribution in [-0.4, -0.2) is 41.3 Å². The van der Waals surface area contributed by atoms with E-state index in [0.717, 1.165) is 12.8 Å². The Morgan fingerprint density at radius 3 is 2.38 bits per heavy atom. The minimum Gasteiger partial charge on any atom is -0.444 e. The fourth-order valence-electron chi connectivity index (χ4n) is 3.14. The van der Waals surface area contributed by atoms with Gasteiger partial charge in [-0.2, -0.15) is 11.8 Å². The van der Waals surface area contributed by atoms with E-state index in [2.05, 4.69) is 22.4 Å². The van der Waals surface area contributed by atoms with Crippen LogP contribution < -0.4 is 10.6 Å². The van der Waals surface area contributed by atoms with Crippen molar-refractivity contribution in [2.45, 2.75) is 83.0 Å². The van der Waals surface area contributed by atoms with Crippen molar-refractivity contribution in [3.8, 4) is 0 Å². The smallest absolute Gasteiger partial charge is 0.407 e. The quantitative estimate of drug-likeness (QED) is 0.839. The lowest BCUT2D eigenvalue weighted by molar-refractivity contribution is 0.0488. The number of amides is 1. The number of hydrogen-bond donors (Lipinski definition) is 2. The van der Waals surface area contributed by atoms with Crippen molar-refractivity contribution in [3.63, 3.8) is 0 Å². The van der Waals surface area contributed by atoms with E-state index in [4.69, 9.17) is 4.74 Å². The number of ether oxygens (including phenoxy) is 1. The SMILES string of the molecule is CC(C)(C)OC(=O)N[C@H]1CCC[C@@H](NC2CCSCC2)C1. The molecule has 21 heavy (non-hydrogen) atoms. The third-order valence-electron chi connectivity index (χ3n) is 4.09. The monoisotopic (exact) mass is 314 g/mol. The Bertz CT molecular complexity index is 338. The molecule has 0 unspecified atom stereocenters. The molecule has 0 radical (unpaired) electrons. The minimum atomic E-state index is -0.420. The average Bonchev–Trinajstić information content (AvgIpc) is 2.38. The van der Waals surface area contributed by atoms with Crippen molar-refractivity contribution in [2.24, 2.45) is 0 Å². The second-order valence-electron chi connectivity index (χ2n) is 7.26. The molecule has 2 rings (SSSR count). The minimum absolute atomic E-state index is 0.254. The zero-order valence-electron chi connectivity index (χ0n) is 13.6. The van der Waals surface area contributed by atoms with Crippen LogP contribution in [0.15, 0.2) is 0 Å². The molecule has 2 aliphatic rings. The lowest BCUT2D eigenvalue weighted by Gasteiger charge is -2.34. The van der Waals surface area contributed by atoms with Crippen LogP contribution in [0.2, 0.25) is 0 Å². The first kappa shape index (κ1) is 16.9.